The Balaban J connectivity index is 2.17. The van der Waals surface area contributed by atoms with Crippen LogP contribution in [0.2, 0.25) is 0 Å². The van der Waals surface area contributed by atoms with Crippen LogP contribution in [0.4, 0.5) is 0 Å². The molecule has 1 amide bonds. The number of H-pyrrole nitrogens is 1. The van der Waals surface area contributed by atoms with Crippen molar-refractivity contribution in [1.82, 2.24) is 10.3 Å². The van der Waals surface area contributed by atoms with Crippen LogP contribution < -0.4 is 5.32 Å². The van der Waals surface area contributed by atoms with Gasteiger partial charge in [-0.15, -0.1) is 0 Å². The van der Waals surface area contributed by atoms with Gasteiger partial charge in [0.15, 0.2) is 0 Å². The number of aromatic nitrogens is 1. The Morgan fingerprint density at radius 3 is 2.48 bits per heavy atom. The van der Waals surface area contributed by atoms with Crippen LogP contribution in [0.1, 0.15) is 48.8 Å². The fourth-order valence-corrected chi connectivity index (χ4v) is 2.69. The molecule has 1 aromatic heterocycles. The number of methoxy groups -OCH3 is 1. The smallest absolute Gasteiger partial charge is 0.339 e. The Labute approximate surface area is 136 Å². The number of nitrogens with one attached hydrogen (secondary N) is 2. The Hall–Kier alpha value is -2.56. The van der Waals surface area contributed by atoms with Gasteiger partial charge in [-0.1, -0.05) is 23.8 Å². The van der Waals surface area contributed by atoms with Crippen molar-refractivity contribution in [2.75, 3.05) is 7.11 Å². The fraction of sp³-hybridized carbons (Fsp3) is 0.333. The monoisotopic (exact) mass is 314 g/mol. The number of hydrogen-bond donors (Lipinski definition) is 2. The zero-order chi connectivity index (χ0) is 17.1. The quantitative estimate of drug-likeness (QED) is 0.852. The van der Waals surface area contributed by atoms with Crippen molar-refractivity contribution in [2.24, 2.45) is 0 Å². The summed E-state index contributed by atoms with van der Waals surface area (Å²) < 4.78 is 4.76. The second-order valence-electron chi connectivity index (χ2n) is 5.73. The Morgan fingerprint density at radius 2 is 1.87 bits per heavy atom. The second kappa shape index (κ2) is 6.69. The molecule has 0 saturated heterocycles. The number of esters is 1. The minimum absolute atomic E-state index is 0.235. The van der Waals surface area contributed by atoms with E-state index in [2.05, 4.69) is 16.4 Å². The van der Waals surface area contributed by atoms with Gasteiger partial charge in [-0.25, -0.2) is 4.79 Å². The summed E-state index contributed by atoms with van der Waals surface area (Å²) in [6.07, 6.45) is 0. The van der Waals surface area contributed by atoms with Crippen LogP contribution in [0.15, 0.2) is 18.2 Å². The molecule has 0 spiro atoms. The van der Waals surface area contributed by atoms with E-state index in [4.69, 9.17) is 4.74 Å². The van der Waals surface area contributed by atoms with E-state index in [0.717, 1.165) is 11.1 Å². The average molecular weight is 314 g/mol. The number of rotatable bonds is 4. The lowest BCUT2D eigenvalue weighted by atomic mass is 10.1. The zero-order valence-corrected chi connectivity index (χ0v) is 14.2. The van der Waals surface area contributed by atoms with E-state index in [1.54, 1.807) is 13.8 Å². The Kier molecular flexibility index (Phi) is 4.89. The average Bonchev–Trinajstić information content (AvgIpc) is 2.80. The van der Waals surface area contributed by atoms with Crippen molar-refractivity contribution in [2.45, 2.75) is 34.2 Å². The summed E-state index contributed by atoms with van der Waals surface area (Å²) in [5.41, 5.74) is 5.45. The number of ether oxygens (including phenoxy) is 1. The van der Waals surface area contributed by atoms with Crippen molar-refractivity contribution in [3.63, 3.8) is 0 Å². The van der Waals surface area contributed by atoms with Gasteiger partial charge in [0, 0.05) is 12.2 Å². The Bertz CT molecular complexity index is 760. The molecule has 23 heavy (non-hydrogen) atoms. The molecule has 2 aromatic rings. The summed E-state index contributed by atoms with van der Waals surface area (Å²) in [4.78, 5) is 27.1. The summed E-state index contributed by atoms with van der Waals surface area (Å²) >= 11 is 0. The van der Waals surface area contributed by atoms with Crippen molar-refractivity contribution in [1.29, 1.82) is 0 Å². The van der Waals surface area contributed by atoms with E-state index in [9.17, 15) is 9.59 Å². The first-order chi connectivity index (χ1) is 10.8. The molecule has 5 nitrogen and oxygen atoms in total. The van der Waals surface area contributed by atoms with E-state index in [-0.39, 0.29) is 5.91 Å². The number of hydrogen-bond acceptors (Lipinski definition) is 3. The van der Waals surface area contributed by atoms with Crippen molar-refractivity contribution in [3.05, 3.63) is 57.4 Å². The number of aryl methyl sites for hydroxylation is 3. The van der Waals surface area contributed by atoms with E-state index in [1.807, 2.05) is 26.0 Å². The molecule has 0 aliphatic rings. The summed E-state index contributed by atoms with van der Waals surface area (Å²) in [5, 5.41) is 2.89. The fourth-order valence-electron chi connectivity index (χ4n) is 2.69. The molecule has 5 heteroatoms. The van der Waals surface area contributed by atoms with Gasteiger partial charge in [-0.3, -0.25) is 4.79 Å². The first-order valence-corrected chi connectivity index (χ1v) is 7.47. The maximum Gasteiger partial charge on any atom is 0.339 e. The van der Waals surface area contributed by atoms with E-state index >= 15 is 0 Å². The number of aromatic amines is 1. The van der Waals surface area contributed by atoms with E-state index < -0.39 is 5.97 Å². The first-order valence-electron chi connectivity index (χ1n) is 7.47. The van der Waals surface area contributed by atoms with Crippen LogP contribution in [-0.2, 0) is 11.3 Å². The molecule has 0 fully saturated rings. The number of benzene rings is 1. The predicted octanol–water partition coefficient (Wildman–Crippen LogP) is 2.96. The largest absolute Gasteiger partial charge is 0.465 e. The lowest BCUT2D eigenvalue weighted by Gasteiger charge is -2.09. The molecule has 0 aliphatic heterocycles. The van der Waals surface area contributed by atoms with E-state index in [1.165, 1.54) is 12.7 Å². The van der Waals surface area contributed by atoms with Gasteiger partial charge in [-0.2, -0.15) is 0 Å². The van der Waals surface area contributed by atoms with Gasteiger partial charge in [0.25, 0.3) is 5.91 Å². The Morgan fingerprint density at radius 1 is 1.17 bits per heavy atom. The molecular weight excluding hydrogens is 292 g/mol. The molecule has 0 saturated carbocycles. The van der Waals surface area contributed by atoms with Crippen LogP contribution in [0.3, 0.4) is 0 Å². The molecule has 2 N–H and O–H groups in total. The van der Waals surface area contributed by atoms with Crippen LogP contribution in [0.5, 0.6) is 0 Å². The molecule has 0 atom stereocenters. The number of amides is 1. The molecule has 0 aliphatic carbocycles. The number of carbonyl (C=O) groups excluding carboxylic acids is 2. The third-order valence-corrected chi connectivity index (χ3v) is 3.99. The third kappa shape index (κ3) is 3.44. The van der Waals surface area contributed by atoms with Crippen molar-refractivity contribution >= 4 is 11.9 Å². The lowest BCUT2D eigenvalue weighted by molar-refractivity contribution is 0.0599. The van der Waals surface area contributed by atoms with Crippen LogP contribution in [0.25, 0.3) is 0 Å². The maximum absolute atomic E-state index is 12.4. The highest BCUT2D eigenvalue weighted by Crippen LogP contribution is 2.19. The SMILES string of the molecule is COC(=O)c1c(C)[nH]c(C(=O)NCc2ccc(C)cc2C)c1C. The summed E-state index contributed by atoms with van der Waals surface area (Å²) in [6.45, 7) is 7.99. The van der Waals surface area contributed by atoms with Crippen LogP contribution in [-0.4, -0.2) is 24.0 Å². The minimum atomic E-state index is -0.440. The second-order valence-corrected chi connectivity index (χ2v) is 5.73. The van der Waals surface area contributed by atoms with E-state index in [0.29, 0.717) is 29.1 Å². The number of carbonyl (C=O) groups is 2. The predicted molar refractivity (Wildman–Crippen MR) is 88.7 cm³/mol. The van der Waals surface area contributed by atoms with Gasteiger partial charge >= 0.3 is 5.97 Å². The van der Waals surface area contributed by atoms with Gasteiger partial charge in [0.2, 0.25) is 0 Å². The summed E-state index contributed by atoms with van der Waals surface area (Å²) in [5.74, 6) is -0.676. The summed E-state index contributed by atoms with van der Waals surface area (Å²) in [6, 6.07) is 6.12. The molecular formula is C18H22N2O3. The third-order valence-electron chi connectivity index (χ3n) is 3.99. The molecule has 2 rings (SSSR count). The van der Waals surface area contributed by atoms with Gasteiger partial charge in [-0.05, 0) is 44.4 Å². The maximum atomic E-state index is 12.4. The molecule has 0 unspecified atom stereocenters. The van der Waals surface area contributed by atoms with Gasteiger partial charge < -0.3 is 15.0 Å². The topological polar surface area (TPSA) is 71.2 Å². The first kappa shape index (κ1) is 16.8. The van der Waals surface area contributed by atoms with Crippen molar-refractivity contribution < 1.29 is 14.3 Å². The summed E-state index contributed by atoms with van der Waals surface area (Å²) in [7, 11) is 1.33. The van der Waals surface area contributed by atoms with Crippen molar-refractivity contribution in [3.8, 4) is 0 Å². The molecule has 122 valence electrons. The lowest BCUT2D eigenvalue weighted by Crippen LogP contribution is -2.24. The molecule has 0 bridgehead atoms. The highest BCUT2D eigenvalue weighted by Gasteiger charge is 2.22. The molecule has 1 heterocycles. The normalized spacial score (nSPS) is 10.5. The van der Waals surface area contributed by atoms with Gasteiger partial charge in [0.1, 0.15) is 5.69 Å². The van der Waals surface area contributed by atoms with Gasteiger partial charge in [0.05, 0.1) is 12.7 Å². The van der Waals surface area contributed by atoms with Crippen LogP contribution >= 0.6 is 0 Å². The highest BCUT2D eigenvalue weighted by atomic mass is 16.5. The standard InChI is InChI=1S/C18H22N2O3/c1-10-6-7-14(11(2)8-10)9-19-17(21)16-12(3)15(13(4)20-16)18(22)23-5/h6-8,20H,9H2,1-5H3,(H,19,21). The minimum Gasteiger partial charge on any atom is -0.465 e. The highest BCUT2D eigenvalue weighted by molar-refractivity contribution is 6.00. The van der Waals surface area contributed by atoms with Crippen LogP contribution in [0, 0.1) is 27.7 Å². The molecule has 0 radical (unpaired) electrons. The zero-order valence-electron chi connectivity index (χ0n) is 14.2. The molecule has 1 aromatic carbocycles.